The van der Waals surface area contributed by atoms with Crippen LogP contribution in [0.25, 0.3) is 0 Å². The van der Waals surface area contributed by atoms with Crippen molar-refractivity contribution >= 4 is 17.8 Å². The van der Waals surface area contributed by atoms with Crippen LogP contribution in [-0.4, -0.2) is 46.9 Å². The van der Waals surface area contributed by atoms with Crippen LogP contribution in [0.5, 0.6) is 0 Å². The third kappa shape index (κ3) is 5.22. The first kappa shape index (κ1) is 17.8. The smallest absolute Gasteiger partial charge is 0.306 e. The molecule has 0 aromatic rings. The van der Waals surface area contributed by atoms with Crippen molar-refractivity contribution in [2.24, 2.45) is 11.8 Å². The molecule has 2 fully saturated rings. The lowest BCUT2D eigenvalue weighted by Gasteiger charge is -2.31. The minimum absolute atomic E-state index is 0.00489. The predicted octanol–water partition coefficient (Wildman–Crippen LogP) is 1.78. The Bertz CT molecular complexity index is 438. The molecule has 0 aromatic carbocycles. The summed E-state index contributed by atoms with van der Waals surface area (Å²) >= 11 is 0. The van der Waals surface area contributed by atoms with Gasteiger partial charge in [-0.1, -0.05) is 19.3 Å². The summed E-state index contributed by atoms with van der Waals surface area (Å²) in [6, 6.07) is -0.172. The van der Waals surface area contributed by atoms with Crippen LogP contribution >= 0.6 is 0 Å². The third-order valence-electron chi connectivity index (χ3n) is 5.04. The van der Waals surface area contributed by atoms with Crippen LogP contribution in [0.3, 0.4) is 0 Å². The van der Waals surface area contributed by atoms with E-state index >= 15 is 0 Å². The molecule has 1 aliphatic carbocycles. The third-order valence-corrected chi connectivity index (χ3v) is 5.04. The molecule has 1 saturated heterocycles. The number of nitrogens with zero attached hydrogens (tertiary/aromatic N) is 1. The lowest BCUT2D eigenvalue weighted by atomic mass is 9.88. The summed E-state index contributed by atoms with van der Waals surface area (Å²) < 4.78 is 0. The molecule has 2 aliphatic rings. The van der Waals surface area contributed by atoms with E-state index in [0.29, 0.717) is 25.9 Å². The highest BCUT2D eigenvalue weighted by molar-refractivity contribution is 5.81. The van der Waals surface area contributed by atoms with Gasteiger partial charge in [0.15, 0.2) is 0 Å². The molecule has 2 rings (SSSR count). The van der Waals surface area contributed by atoms with Gasteiger partial charge in [-0.15, -0.1) is 0 Å². The minimum Gasteiger partial charge on any atom is -0.481 e. The first-order valence-corrected chi connectivity index (χ1v) is 8.78. The lowest BCUT2D eigenvalue weighted by molar-refractivity contribution is -0.146. The average Bonchev–Trinajstić information content (AvgIpc) is 2.55. The second-order valence-electron chi connectivity index (χ2n) is 6.94. The van der Waals surface area contributed by atoms with Crippen molar-refractivity contribution < 1.29 is 19.5 Å². The zero-order chi connectivity index (χ0) is 16.8. The van der Waals surface area contributed by atoms with Crippen molar-refractivity contribution in [3.63, 3.8) is 0 Å². The molecule has 130 valence electrons. The Hall–Kier alpha value is -1.59. The topological polar surface area (TPSA) is 86.7 Å². The number of amides is 2. The molecule has 23 heavy (non-hydrogen) atoms. The highest BCUT2D eigenvalue weighted by atomic mass is 16.4. The summed E-state index contributed by atoms with van der Waals surface area (Å²) in [5.74, 6) is -0.917. The van der Waals surface area contributed by atoms with Gasteiger partial charge in [-0.05, 0) is 32.6 Å². The molecule has 2 N–H and O–H groups in total. The van der Waals surface area contributed by atoms with Gasteiger partial charge in [0.2, 0.25) is 11.8 Å². The van der Waals surface area contributed by atoms with Crippen molar-refractivity contribution in [2.75, 3.05) is 13.1 Å². The molecule has 6 nitrogen and oxygen atoms in total. The molecule has 1 aliphatic heterocycles. The largest absolute Gasteiger partial charge is 0.481 e. The van der Waals surface area contributed by atoms with Crippen molar-refractivity contribution in [1.82, 2.24) is 10.2 Å². The highest BCUT2D eigenvalue weighted by Gasteiger charge is 2.28. The average molecular weight is 324 g/mol. The van der Waals surface area contributed by atoms with Gasteiger partial charge in [-0.3, -0.25) is 14.4 Å². The van der Waals surface area contributed by atoms with E-state index in [4.69, 9.17) is 5.11 Å². The zero-order valence-electron chi connectivity index (χ0n) is 13.9. The molecule has 1 heterocycles. The van der Waals surface area contributed by atoms with Gasteiger partial charge in [0.05, 0.1) is 5.92 Å². The monoisotopic (exact) mass is 324 g/mol. The van der Waals surface area contributed by atoms with E-state index in [1.807, 2.05) is 6.92 Å². The molecule has 0 aromatic heterocycles. The fourth-order valence-corrected chi connectivity index (χ4v) is 3.54. The van der Waals surface area contributed by atoms with Gasteiger partial charge < -0.3 is 15.3 Å². The number of carbonyl (C=O) groups excluding carboxylic acids is 2. The summed E-state index contributed by atoms with van der Waals surface area (Å²) in [6.45, 7) is 2.86. The summed E-state index contributed by atoms with van der Waals surface area (Å²) in [5.41, 5.74) is 0. The van der Waals surface area contributed by atoms with Crippen LogP contribution < -0.4 is 5.32 Å². The number of nitrogens with one attached hydrogen (secondary N) is 1. The second kappa shape index (κ2) is 8.31. The predicted molar refractivity (Wildman–Crippen MR) is 85.7 cm³/mol. The number of carboxylic acid groups (broad SMARTS) is 1. The van der Waals surface area contributed by atoms with Crippen molar-refractivity contribution in [2.45, 2.75) is 64.3 Å². The number of hydrogen-bond donors (Lipinski definition) is 2. The Balaban J connectivity index is 1.72. The lowest BCUT2D eigenvalue weighted by Crippen LogP contribution is -2.44. The maximum Gasteiger partial charge on any atom is 0.306 e. The summed E-state index contributed by atoms with van der Waals surface area (Å²) in [4.78, 5) is 37.1. The fraction of sp³-hybridized carbons (Fsp3) is 0.824. The van der Waals surface area contributed by atoms with E-state index in [0.717, 1.165) is 25.7 Å². The van der Waals surface area contributed by atoms with Crippen molar-refractivity contribution in [3.05, 3.63) is 0 Å². The zero-order valence-corrected chi connectivity index (χ0v) is 13.9. The summed E-state index contributed by atoms with van der Waals surface area (Å²) in [5, 5.41) is 11.9. The Morgan fingerprint density at radius 3 is 2.22 bits per heavy atom. The summed E-state index contributed by atoms with van der Waals surface area (Å²) in [6.07, 6.45) is 6.67. The molecule has 0 bridgehead atoms. The molecule has 6 heteroatoms. The number of piperidine rings is 1. The number of rotatable bonds is 5. The normalized spacial score (nSPS) is 21.7. The number of aliphatic carboxylic acids is 1. The highest BCUT2D eigenvalue weighted by Crippen LogP contribution is 2.24. The Morgan fingerprint density at radius 2 is 1.65 bits per heavy atom. The van der Waals surface area contributed by atoms with Crippen LogP contribution in [0.15, 0.2) is 0 Å². The van der Waals surface area contributed by atoms with Crippen LogP contribution in [0.2, 0.25) is 0 Å². The van der Waals surface area contributed by atoms with Crippen LogP contribution in [0.1, 0.15) is 58.3 Å². The first-order chi connectivity index (χ1) is 11.0. The molecular weight excluding hydrogens is 296 g/mol. The maximum absolute atomic E-state index is 12.3. The number of hydrogen-bond acceptors (Lipinski definition) is 3. The van der Waals surface area contributed by atoms with E-state index in [2.05, 4.69) is 5.32 Å². The number of carbonyl (C=O) groups is 3. The van der Waals surface area contributed by atoms with Gasteiger partial charge in [-0.2, -0.15) is 0 Å². The molecule has 0 radical (unpaired) electrons. The van der Waals surface area contributed by atoms with Gasteiger partial charge in [0, 0.05) is 31.5 Å². The van der Waals surface area contributed by atoms with E-state index in [-0.39, 0.29) is 36.1 Å². The molecule has 1 saturated carbocycles. The SMILES string of the molecule is CC(CC(=O)N1CCC(C(=O)O)CC1)NC(=O)C1CCCCC1. The minimum atomic E-state index is -0.773. The van der Waals surface area contributed by atoms with Crippen LogP contribution in [0, 0.1) is 11.8 Å². The number of carboxylic acids is 1. The van der Waals surface area contributed by atoms with Crippen molar-refractivity contribution in [3.8, 4) is 0 Å². The Labute approximate surface area is 137 Å². The first-order valence-electron chi connectivity index (χ1n) is 8.78. The molecule has 2 amide bonds. The Kier molecular flexibility index (Phi) is 6.42. The summed E-state index contributed by atoms with van der Waals surface area (Å²) in [7, 11) is 0. The van der Waals surface area contributed by atoms with E-state index in [1.165, 1.54) is 6.42 Å². The van der Waals surface area contributed by atoms with Crippen LogP contribution in [-0.2, 0) is 14.4 Å². The molecule has 1 atom stereocenters. The van der Waals surface area contributed by atoms with E-state index < -0.39 is 5.97 Å². The van der Waals surface area contributed by atoms with Crippen molar-refractivity contribution in [1.29, 1.82) is 0 Å². The van der Waals surface area contributed by atoms with Gasteiger partial charge in [0.25, 0.3) is 0 Å². The maximum atomic E-state index is 12.3. The van der Waals surface area contributed by atoms with Crippen LogP contribution in [0.4, 0.5) is 0 Å². The fourth-order valence-electron chi connectivity index (χ4n) is 3.54. The van der Waals surface area contributed by atoms with Gasteiger partial charge in [0.1, 0.15) is 0 Å². The van der Waals surface area contributed by atoms with E-state index in [1.54, 1.807) is 4.90 Å². The standard InChI is InChI=1S/C17H28N2O4/c1-12(18-16(21)13-5-3-2-4-6-13)11-15(20)19-9-7-14(8-10-19)17(22)23/h12-14H,2-11H2,1H3,(H,18,21)(H,22,23). The second-order valence-corrected chi connectivity index (χ2v) is 6.94. The molecule has 1 unspecified atom stereocenters. The molecular formula is C17H28N2O4. The van der Waals surface area contributed by atoms with Gasteiger partial charge >= 0.3 is 5.97 Å². The van der Waals surface area contributed by atoms with Gasteiger partial charge in [-0.25, -0.2) is 0 Å². The Morgan fingerprint density at radius 1 is 1.04 bits per heavy atom. The number of likely N-dealkylation sites (tertiary alicyclic amines) is 1. The van der Waals surface area contributed by atoms with E-state index in [9.17, 15) is 14.4 Å². The quantitative estimate of drug-likeness (QED) is 0.807. The molecule has 0 spiro atoms.